The van der Waals surface area contributed by atoms with E-state index in [0.717, 1.165) is 18.8 Å². The third-order valence-electron chi connectivity index (χ3n) is 3.22. The molecule has 0 aromatic rings. The van der Waals surface area contributed by atoms with Crippen LogP contribution < -0.4 is 0 Å². The fraction of sp³-hybridized carbons (Fsp3) is 1.00. The molecule has 2 heteroatoms. The van der Waals surface area contributed by atoms with Crippen LogP contribution in [0.1, 0.15) is 32.1 Å². The maximum Gasteiger partial charge on any atom is 0.0543 e. The molecule has 0 aromatic heterocycles. The van der Waals surface area contributed by atoms with Crippen LogP contribution in [0.4, 0.5) is 0 Å². The molecule has 2 atom stereocenters. The fourth-order valence-corrected chi connectivity index (χ4v) is 2.36. The lowest BCUT2D eigenvalue weighted by Crippen LogP contribution is -2.41. The van der Waals surface area contributed by atoms with Gasteiger partial charge in [0.15, 0.2) is 0 Å². The Bertz CT molecular complexity index is 145. The van der Waals surface area contributed by atoms with Crippen LogP contribution in [0.3, 0.4) is 0 Å². The van der Waals surface area contributed by atoms with Gasteiger partial charge in [0.05, 0.1) is 6.10 Å². The second-order valence-corrected chi connectivity index (χ2v) is 4.34. The van der Waals surface area contributed by atoms with Gasteiger partial charge in [0.25, 0.3) is 0 Å². The molecular formula is C10H19NO. The van der Waals surface area contributed by atoms with Crippen molar-refractivity contribution >= 4 is 0 Å². The first-order chi connectivity index (χ1) is 5.84. The van der Waals surface area contributed by atoms with E-state index in [-0.39, 0.29) is 6.10 Å². The molecular weight excluding hydrogens is 150 g/mol. The van der Waals surface area contributed by atoms with Crippen molar-refractivity contribution in [3.63, 3.8) is 0 Å². The van der Waals surface area contributed by atoms with Gasteiger partial charge in [-0.3, -0.25) is 0 Å². The minimum atomic E-state index is 0.00465. The fourth-order valence-electron chi connectivity index (χ4n) is 2.36. The zero-order chi connectivity index (χ0) is 8.39. The molecule has 2 aliphatic rings. The smallest absolute Gasteiger partial charge is 0.0543 e. The van der Waals surface area contributed by atoms with Crippen LogP contribution in [-0.4, -0.2) is 35.7 Å². The molecule has 1 saturated heterocycles. The number of aliphatic hydroxyl groups excluding tert-OH is 1. The van der Waals surface area contributed by atoms with Crippen LogP contribution >= 0.6 is 0 Å². The molecule has 1 heterocycles. The molecule has 0 spiro atoms. The van der Waals surface area contributed by atoms with Crippen molar-refractivity contribution in [1.29, 1.82) is 0 Å². The lowest BCUT2D eigenvalue weighted by molar-refractivity contribution is 0.0691. The number of aliphatic hydroxyl groups is 1. The highest BCUT2D eigenvalue weighted by molar-refractivity contribution is 4.78. The standard InChI is InChI=1S/C10H19NO/c12-10-4-1-3-9(7-10)8-11-5-2-6-11/h9-10,12H,1-8H2. The Morgan fingerprint density at radius 1 is 1.17 bits per heavy atom. The first-order valence-electron chi connectivity index (χ1n) is 5.25. The molecule has 2 fully saturated rings. The quantitative estimate of drug-likeness (QED) is 0.672. The molecule has 2 unspecified atom stereocenters. The number of hydrogen-bond donors (Lipinski definition) is 1. The third kappa shape index (κ3) is 1.99. The summed E-state index contributed by atoms with van der Waals surface area (Å²) in [5.41, 5.74) is 0. The van der Waals surface area contributed by atoms with Gasteiger partial charge >= 0.3 is 0 Å². The predicted molar refractivity (Wildman–Crippen MR) is 49.0 cm³/mol. The molecule has 1 aliphatic heterocycles. The molecule has 70 valence electrons. The lowest BCUT2D eigenvalue weighted by Gasteiger charge is -2.36. The van der Waals surface area contributed by atoms with E-state index >= 15 is 0 Å². The van der Waals surface area contributed by atoms with Gasteiger partial charge in [-0.05, 0) is 44.7 Å². The molecule has 1 aliphatic carbocycles. The Kier molecular flexibility index (Phi) is 2.66. The SMILES string of the molecule is OC1CCCC(CN2CCC2)C1. The van der Waals surface area contributed by atoms with E-state index in [1.54, 1.807) is 0 Å². The van der Waals surface area contributed by atoms with Crippen LogP contribution in [0.15, 0.2) is 0 Å². The van der Waals surface area contributed by atoms with Crippen LogP contribution in [0.5, 0.6) is 0 Å². The van der Waals surface area contributed by atoms with Crippen molar-refractivity contribution in [3.8, 4) is 0 Å². The molecule has 0 bridgehead atoms. The van der Waals surface area contributed by atoms with Gasteiger partial charge < -0.3 is 10.0 Å². The zero-order valence-corrected chi connectivity index (χ0v) is 7.71. The van der Waals surface area contributed by atoms with Crippen molar-refractivity contribution in [3.05, 3.63) is 0 Å². The maximum absolute atomic E-state index is 9.46. The lowest BCUT2D eigenvalue weighted by atomic mass is 9.86. The van der Waals surface area contributed by atoms with E-state index in [4.69, 9.17) is 0 Å². The van der Waals surface area contributed by atoms with E-state index in [9.17, 15) is 5.11 Å². The van der Waals surface area contributed by atoms with Crippen molar-refractivity contribution in [2.45, 2.75) is 38.2 Å². The second-order valence-electron chi connectivity index (χ2n) is 4.34. The summed E-state index contributed by atoms with van der Waals surface area (Å²) in [6.07, 6.45) is 6.06. The van der Waals surface area contributed by atoms with Gasteiger partial charge in [-0.25, -0.2) is 0 Å². The first-order valence-corrected chi connectivity index (χ1v) is 5.25. The maximum atomic E-state index is 9.46. The molecule has 0 radical (unpaired) electrons. The Hall–Kier alpha value is -0.0800. The highest BCUT2D eigenvalue weighted by Gasteiger charge is 2.24. The summed E-state index contributed by atoms with van der Waals surface area (Å²) in [5, 5.41) is 9.46. The molecule has 0 amide bonds. The number of rotatable bonds is 2. The molecule has 1 N–H and O–H groups in total. The van der Waals surface area contributed by atoms with Gasteiger partial charge in [-0.15, -0.1) is 0 Å². The Morgan fingerprint density at radius 3 is 2.58 bits per heavy atom. The molecule has 1 saturated carbocycles. The molecule has 2 rings (SSSR count). The molecule has 12 heavy (non-hydrogen) atoms. The average molecular weight is 169 g/mol. The zero-order valence-electron chi connectivity index (χ0n) is 7.71. The van der Waals surface area contributed by atoms with E-state index < -0.39 is 0 Å². The summed E-state index contributed by atoms with van der Waals surface area (Å²) in [6.45, 7) is 3.84. The number of hydrogen-bond acceptors (Lipinski definition) is 2. The minimum absolute atomic E-state index is 0.00465. The Labute approximate surface area is 74.6 Å². The predicted octanol–water partition coefficient (Wildman–Crippen LogP) is 1.24. The largest absolute Gasteiger partial charge is 0.393 e. The average Bonchev–Trinajstić information content (AvgIpc) is 1.97. The second kappa shape index (κ2) is 3.75. The Morgan fingerprint density at radius 2 is 2.00 bits per heavy atom. The van der Waals surface area contributed by atoms with E-state index in [0.29, 0.717) is 0 Å². The van der Waals surface area contributed by atoms with Gasteiger partial charge in [0, 0.05) is 6.54 Å². The monoisotopic (exact) mass is 169 g/mol. The topological polar surface area (TPSA) is 23.5 Å². The summed E-state index contributed by atoms with van der Waals surface area (Å²) in [4.78, 5) is 2.52. The first kappa shape index (κ1) is 8.52. The summed E-state index contributed by atoms with van der Waals surface area (Å²) < 4.78 is 0. The summed E-state index contributed by atoms with van der Waals surface area (Å²) in [5.74, 6) is 0.786. The van der Waals surface area contributed by atoms with Crippen LogP contribution in [-0.2, 0) is 0 Å². The third-order valence-corrected chi connectivity index (χ3v) is 3.22. The highest BCUT2D eigenvalue weighted by atomic mass is 16.3. The number of nitrogens with zero attached hydrogens (tertiary/aromatic N) is 1. The Balaban J connectivity index is 1.71. The van der Waals surface area contributed by atoms with E-state index in [1.165, 1.54) is 38.9 Å². The van der Waals surface area contributed by atoms with E-state index in [1.807, 2.05) is 0 Å². The van der Waals surface area contributed by atoms with Crippen molar-refractivity contribution in [1.82, 2.24) is 4.90 Å². The van der Waals surface area contributed by atoms with Crippen LogP contribution in [0, 0.1) is 5.92 Å². The van der Waals surface area contributed by atoms with Crippen molar-refractivity contribution < 1.29 is 5.11 Å². The molecule has 2 nitrogen and oxygen atoms in total. The minimum Gasteiger partial charge on any atom is -0.393 e. The van der Waals surface area contributed by atoms with E-state index in [2.05, 4.69) is 4.90 Å². The highest BCUT2D eigenvalue weighted by Crippen LogP contribution is 2.26. The van der Waals surface area contributed by atoms with Gasteiger partial charge in [-0.1, -0.05) is 6.42 Å². The summed E-state index contributed by atoms with van der Waals surface area (Å²) in [7, 11) is 0. The van der Waals surface area contributed by atoms with Crippen LogP contribution in [0.2, 0.25) is 0 Å². The van der Waals surface area contributed by atoms with Crippen molar-refractivity contribution in [2.24, 2.45) is 5.92 Å². The van der Waals surface area contributed by atoms with Gasteiger partial charge in [0.1, 0.15) is 0 Å². The van der Waals surface area contributed by atoms with Crippen LogP contribution in [0.25, 0.3) is 0 Å². The van der Waals surface area contributed by atoms with Gasteiger partial charge in [0.2, 0.25) is 0 Å². The summed E-state index contributed by atoms with van der Waals surface area (Å²) >= 11 is 0. The summed E-state index contributed by atoms with van der Waals surface area (Å²) in [6, 6.07) is 0. The normalized spacial score (nSPS) is 37.8. The number of likely N-dealkylation sites (tertiary alicyclic amines) is 1. The van der Waals surface area contributed by atoms with Crippen molar-refractivity contribution in [2.75, 3.05) is 19.6 Å². The van der Waals surface area contributed by atoms with Gasteiger partial charge in [-0.2, -0.15) is 0 Å². The molecule has 0 aromatic carbocycles.